The van der Waals surface area contributed by atoms with Crippen LogP contribution in [0.15, 0.2) is 0 Å². The first kappa shape index (κ1) is 13.5. The number of hydrogen-bond acceptors (Lipinski definition) is 3. The number of aliphatic carboxylic acids is 1. The summed E-state index contributed by atoms with van der Waals surface area (Å²) in [7, 11) is 1.72. The van der Waals surface area contributed by atoms with Gasteiger partial charge in [-0.2, -0.15) is 5.10 Å². The monoisotopic (exact) mass is 269 g/mol. The van der Waals surface area contributed by atoms with Crippen molar-refractivity contribution >= 4 is 11.9 Å². The highest BCUT2D eigenvalue weighted by atomic mass is 19.1. The Hall–Kier alpha value is -1.92. The molecule has 0 saturated carbocycles. The Morgan fingerprint density at radius 1 is 1.42 bits per heavy atom. The van der Waals surface area contributed by atoms with Gasteiger partial charge in [0.1, 0.15) is 0 Å². The Morgan fingerprint density at radius 3 is 2.47 bits per heavy atom. The average molecular weight is 269 g/mol. The minimum absolute atomic E-state index is 0.107. The number of nitrogens with zero attached hydrogens (tertiary/aromatic N) is 3. The number of carbonyl (C=O) groups is 2. The highest BCUT2D eigenvalue weighted by Gasteiger charge is 2.47. The third-order valence-corrected chi connectivity index (χ3v) is 3.61. The molecular weight excluding hydrogens is 253 g/mol. The second-order valence-electron chi connectivity index (χ2n) is 4.92. The van der Waals surface area contributed by atoms with E-state index in [9.17, 15) is 14.0 Å². The fourth-order valence-corrected chi connectivity index (χ4v) is 2.36. The predicted octanol–water partition coefficient (Wildman–Crippen LogP) is 0.676. The minimum atomic E-state index is -2.33. The number of carbonyl (C=O) groups excluding carboxylic acids is 1. The smallest absolute Gasteiger partial charge is 0.343 e. The summed E-state index contributed by atoms with van der Waals surface area (Å²) in [5.41, 5.74) is -0.650. The van der Waals surface area contributed by atoms with Crippen molar-refractivity contribution in [1.29, 1.82) is 0 Å². The molecule has 2 rings (SSSR count). The first-order valence-electron chi connectivity index (χ1n) is 5.98. The SMILES string of the molecule is Cc1nn(C)c(C)c1C(=O)N1CC[C@@](F)(C(=O)O)C1. The number of carboxylic acid groups (broad SMARTS) is 1. The number of halogens is 1. The van der Waals surface area contributed by atoms with Crippen LogP contribution in [0.5, 0.6) is 0 Å². The standard InChI is InChI=1S/C12H16FN3O3/c1-7-9(8(2)15(3)14-7)10(17)16-5-4-12(13,6-16)11(18)19/h4-6H2,1-3H3,(H,18,19)/t12-/m0/s1. The minimum Gasteiger partial charge on any atom is -0.479 e. The molecule has 1 fully saturated rings. The lowest BCUT2D eigenvalue weighted by Gasteiger charge is -2.17. The molecular formula is C12H16FN3O3. The van der Waals surface area contributed by atoms with Crippen molar-refractivity contribution in [2.45, 2.75) is 25.9 Å². The van der Waals surface area contributed by atoms with Gasteiger partial charge < -0.3 is 10.0 Å². The quantitative estimate of drug-likeness (QED) is 0.856. The molecule has 1 saturated heterocycles. The zero-order chi connectivity index (χ0) is 14.4. The zero-order valence-corrected chi connectivity index (χ0v) is 11.1. The molecule has 104 valence electrons. The Bertz CT molecular complexity index is 555. The molecule has 1 amide bonds. The van der Waals surface area contributed by atoms with Crippen LogP contribution in [-0.4, -0.2) is 50.4 Å². The summed E-state index contributed by atoms with van der Waals surface area (Å²) in [6.45, 7) is 3.16. The molecule has 7 heteroatoms. The van der Waals surface area contributed by atoms with Gasteiger partial charge in [0.25, 0.3) is 5.91 Å². The van der Waals surface area contributed by atoms with Crippen LogP contribution in [-0.2, 0) is 11.8 Å². The van der Waals surface area contributed by atoms with Crippen molar-refractivity contribution < 1.29 is 19.1 Å². The summed E-state index contributed by atoms with van der Waals surface area (Å²) in [5.74, 6) is -1.87. The van der Waals surface area contributed by atoms with Crippen molar-refractivity contribution in [1.82, 2.24) is 14.7 Å². The largest absolute Gasteiger partial charge is 0.479 e. The summed E-state index contributed by atoms with van der Waals surface area (Å²) >= 11 is 0. The van der Waals surface area contributed by atoms with Crippen molar-refractivity contribution in [3.8, 4) is 0 Å². The third-order valence-electron chi connectivity index (χ3n) is 3.61. The van der Waals surface area contributed by atoms with E-state index in [1.165, 1.54) is 4.90 Å². The number of likely N-dealkylation sites (tertiary alicyclic amines) is 1. The normalized spacial score (nSPS) is 22.8. The number of aromatic nitrogens is 2. The number of aryl methyl sites for hydroxylation is 2. The van der Waals surface area contributed by atoms with E-state index < -0.39 is 18.2 Å². The van der Waals surface area contributed by atoms with E-state index in [0.717, 1.165) is 0 Å². The molecule has 1 atom stereocenters. The lowest BCUT2D eigenvalue weighted by atomic mass is 10.1. The third kappa shape index (κ3) is 2.09. The molecule has 1 aliphatic rings. The van der Waals surface area contributed by atoms with E-state index >= 15 is 0 Å². The topological polar surface area (TPSA) is 75.4 Å². The van der Waals surface area contributed by atoms with Gasteiger partial charge in [-0.1, -0.05) is 0 Å². The van der Waals surface area contributed by atoms with Gasteiger partial charge in [-0.25, -0.2) is 9.18 Å². The Kier molecular flexibility index (Phi) is 3.07. The van der Waals surface area contributed by atoms with Crippen LogP contribution in [0, 0.1) is 13.8 Å². The van der Waals surface area contributed by atoms with Crippen LogP contribution in [0.4, 0.5) is 4.39 Å². The van der Waals surface area contributed by atoms with Crippen molar-refractivity contribution in [3.63, 3.8) is 0 Å². The maximum Gasteiger partial charge on any atom is 0.343 e. The molecule has 1 aromatic rings. The summed E-state index contributed by atoms with van der Waals surface area (Å²) in [4.78, 5) is 24.4. The predicted molar refractivity (Wildman–Crippen MR) is 64.7 cm³/mol. The summed E-state index contributed by atoms with van der Waals surface area (Å²) in [6.07, 6.45) is -0.174. The van der Waals surface area contributed by atoms with Gasteiger partial charge in [0.05, 0.1) is 17.8 Å². The zero-order valence-electron chi connectivity index (χ0n) is 11.1. The van der Waals surface area contributed by atoms with E-state index in [1.54, 1.807) is 25.6 Å². The maximum absolute atomic E-state index is 14.0. The van der Waals surface area contributed by atoms with Crippen LogP contribution >= 0.6 is 0 Å². The molecule has 1 N–H and O–H groups in total. The van der Waals surface area contributed by atoms with Gasteiger partial charge in [0.2, 0.25) is 5.67 Å². The van der Waals surface area contributed by atoms with Gasteiger partial charge in [-0.3, -0.25) is 9.48 Å². The molecule has 19 heavy (non-hydrogen) atoms. The fraction of sp³-hybridized carbons (Fsp3) is 0.583. The number of carboxylic acids is 1. The van der Waals surface area contributed by atoms with Crippen LogP contribution in [0.2, 0.25) is 0 Å². The van der Waals surface area contributed by atoms with Crippen molar-refractivity contribution in [3.05, 3.63) is 17.0 Å². The second-order valence-corrected chi connectivity index (χ2v) is 4.92. The summed E-state index contributed by atoms with van der Waals surface area (Å²) in [6, 6.07) is 0. The van der Waals surface area contributed by atoms with E-state index in [4.69, 9.17) is 5.11 Å². The highest BCUT2D eigenvalue weighted by Crippen LogP contribution is 2.28. The van der Waals surface area contributed by atoms with Crippen molar-refractivity contribution in [2.24, 2.45) is 7.05 Å². The van der Waals surface area contributed by atoms with Crippen molar-refractivity contribution in [2.75, 3.05) is 13.1 Å². The summed E-state index contributed by atoms with van der Waals surface area (Å²) in [5, 5.41) is 13.0. The first-order chi connectivity index (χ1) is 8.76. The lowest BCUT2D eigenvalue weighted by Crippen LogP contribution is -2.39. The number of amides is 1. The maximum atomic E-state index is 14.0. The van der Waals surface area contributed by atoms with Gasteiger partial charge in [-0.15, -0.1) is 0 Å². The highest BCUT2D eigenvalue weighted by molar-refractivity contribution is 5.97. The molecule has 1 aromatic heterocycles. The first-order valence-corrected chi connectivity index (χ1v) is 5.98. The number of rotatable bonds is 2. The van der Waals surface area contributed by atoms with Gasteiger partial charge in [0, 0.05) is 25.7 Å². The van der Waals surface area contributed by atoms with E-state index in [-0.39, 0.29) is 18.9 Å². The van der Waals surface area contributed by atoms with Gasteiger partial charge >= 0.3 is 5.97 Å². The Labute approximate surface area is 109 Å². The Morgan fingerprint density at radius 2 is 2.05 bits per heavy atom. The van der Waals surface area contributed by atoms with Gasteiger partial charge in [0.15, 0.2) is 0 Å². The molecule has 0 radical (unpaired) electrons. The van der Waals surface area contributed by atoms with Gasteiger partial charge in [-0.05, 0) is 13.8 Å². The van der Waals surface area contributed by atoms with Crippen LogP contribution in [0.3, 0.4) is 0 Å². The molecule has 0 bridgehead atoms. The van der Waals surface area contributed by atoms with Crippen LogP contribution in [0.25, 0.3) is 0 Å². The van der Waals surface area contributed by atoms with E-state index in [2.05, 4.69) is 5.10 Å². The molecule has 0 spiro atoms. The number of alkyl halides is 1. The second kappa shape index (κ2) is 4.32. The Balaban J connectivity index is 2.25. The molecule has 0 aromatic carbocycles. The lowest BCUT2D eigenvalue weighted by molar-refractivity contribution is -0.149. The molecule has 0 aliphatic carbocycles. The number of hydrogen-bond donors (Lipinski definition) is 1. The molecule has 0 unspecified atom stereocenters. The molecule has 6 nitrogen and oxygen atoms in total. The van der Waals surface area contributed by atoms with Crippen LogP contribution in [0.1, 0.15) is 28.2 Å². The van der Waals surface area contributed by atoms with Crippen LogP contribution < -0.4 is 0 Å². The van der Waals surface area contributed by atoms with E-state index in [0.29, 0.717) is 17.0 Å². The fourth-order valence-electron chi connectivity index (χ4n) is 2.36. The van der Waals surface area contributed by atoms with E-state index in [1.807, 2.05) is 0 Å². The molecule has 2 heterocycles. The molecule has 1 aliphatic heterocycles. The summed E-state index contributed by atoms with van der Waals surface area (Å²) < 4.78 is 15.5. The average Bonchev–Trinajstić information content (AvgIpc) is 2.83.